The molecule has 2 N–H and O–H groups in total. The number of hydrogen-bond acceptors (Lipinski definition) is 2. The van der Waals surface area contributed by atoms with E-state index in [-0.39, 0.29) is 11.8 Å². The fourth-order valence-electron chi connectivity index (χ4n) is 2.06. The molecule has 2 amide bonds. The zero-order valence-electron chi connectivity index (χ0n) is 15.2. The van der Waals surface area contributed by atoms with Crippen molar-refractivity contribution in [2.24, 2.45) is 17.8 Å². The lowest BCUT2D eigenvalue weighted by atomic mass is 9.92. The average Bonchev–Trinajstić information content (AvgIpc) is 2.44. The second-order valence-corrected chi connectivity index (χ2v) is 7.10. The van der Waals surface area contributed by atoms with Gasteiger partial charge in [0.05, 0.1) is 0 Å². The van der Waals surface area contributed by atoms with E-state index in [0.29, 0.717) is 43.7 Å². The van der Waals surface area contributed by atoms with Crippen molar-refractivity contribution < 1.29 is 9.59 Å². The number of amides is 2. The van der Waals surface area contributed by atoms with Gasteiger partial charge in [0, 0.05) is 25.9 Å². The Bertz CT molecular complexity index is 314. The molecule has 1 atom stereocenters. The van der Waals surface area contributed by atoms with Gasteiger partial charge in [0.25, 0.3) is 0 Å². The maximum atomic E-state index is 11.7. The first-order valence-corrected chi connectivity index (χ1v) is 8.86. The lowest BCUT2D eigenvalue weighted by molar-refractivity contribution is -0.121. The van der Waals surface area contributed by atoms with E-state index in [2.05, 4.69) is 45.3 Å². The molecule has 22 heavy (non-hydrogen) atoms. The monoisotopic (exact) mass is 312 g/mol. The van der Waals surface area contributed by atoms with Gasteiger partial charge in [0.1, 0.15) is 0 Å². The molecule has 0 radical (unpaired) electrons. The van der Waals surface area contributed by atoms with Crippen LogP contribution in [0, 0.1) is 17.8 Å². The number of rotatable bonds is 12. The van der Waals surface area contributed by atoms with Crippen molar-refractivity contribution in [3.8, 4) is 0 Å². The standard InChI is InChI=1S/C18H36N2O2/c1-14(2)10-11-18(22)20-13-7-12-19-17(21)9-6-8-16(5)15(3)4/h14-16H,6-13H2,1-5H3,(H,19,21)(H,20,22). The van der Waals surface area contributed by atoms with Gasteiger partial charge in [-0.05, 0) is 43.4 Å². The van der Waals surface area contributed by atoms with Crippen molar-refractivity contribution >= 4 is 11.8 Å². The Kier molecular flexibility index (Phi) is 11.9. The van der Waals surface area contributed by atoms with Crippen LogP contribution in [0.4, 0.5) is 0 Å². The Morgan fingerprint density at radius 1 is 0.773 bits per heavy atom. The van der Waals surface area contributed by atoms with Crippen LogP contribution in [-0.2, 0) is 9.59 Å². The van der Waals surface area contributed by atoms with E-state index in [4.69, 9.17) is 0 Å². The summed E-state index contributed by atoms with van der Waals surface area (Å²) in [6.07, 6.45) is 4.99. The van der Waals surface area contributed by atoms with Crippen LogP contribution in [0.3, 0.4) is 0 Å². The first-order valence-electron chi connectivity index (χ1n) is 8.86. The van der Waals surface area contributed by atoms with Gasteiger partial charge in [-0.25, -0.2) is 0 Å². The molecule has 0 fully saturated rings. The molecular weight excluding hydrogens is 276 g/mol. The zero-order valence-corrected chi connectivity index (χ0v) is 15.2. The molecule has 130 valence electrons. The van der Waals surface area contributed by atoms with Crippen LogP contribution in [0.2, 0.25) is 0 Å². The fourth-order valence-corrected chi connectivity index (χ4v) is 2.06. The van der Waals surface area contributed by atoms with Gasteiger partial charge >= 0.3 is 0 Å². The zero-order chi connectivity index (χ0) is 17.0. The number of carbonyl (C=O) groups excluding carboxylic acids is 2. The highest BCUT2D eigenvalue weighted by Gasteiger charge is 2.08. The Balaban J connectivity index is 3.47. The van der Waals surface area contributed by atoms with Crippen LogP contribution >= 0.6 is 0 Å². The van der Waals surface area contributed by atoms with E-state index < -0.39 is 0 Å². The summed E-state index contributed by atoms with van der Waals surface area (Å²) in [5.41, 5.74) is 0. The summed E-state index contributed by atoms with van der Waals surface area (Å²) in [7, 11) is 0. The molecule has 0 aliphatic carbocycles. The summed E-state index contributed by atoms with van der Waals surface area (Å²) < 4.78 is 0. The topological polar surface area (TPSA) is 58.2 Å². The Labute approximate surface area is 136 Å². The first kappa shape index (κ1) is 20.9. The van der Waals surface area contributed by atoms with Crippen molar-refractivity contribution in [2.75, 3.05) is 13.1 Å². The van der Waals surface area contributed by atoms with Gasteiger partial charge in [0.2, 0.25) is 11.8 Å². The first-order chi connectivity index (χ1) is 10.3. The third-order valence-electron chi connectivity index (χ3n) is 4.15. The molecule has 4 nitrogen and oxygen atoms in total. The second kappa shape index (κ2) is 12.5. The van der Waals surface area contributed by atoms with E-state index in [1.807, 2.05) is 0 Å². The molecule has 0 rings (SSSR count). The van der Waals surface area contributed by atoms with Crippen molar-refractivity contribution in [3.05, 3.63) is 0 Å². The highest BCUT2D eigenvalue weighted by atomic mass is 16.2. The molecule has 4 heteroatoms. The molecule has 0 aromatic heterocycles. The highest BCUT2D eigenvalue weighted by molar-refractivity contribution is 5.76. The Morgan fingerprint density at radius 2 is 1.32 bits per heavy atom. The van der Waals surface area contributed by atoms with Crippen molar-refractivity contribution in [1.82, 2.24) is 10.6 Å². The van der Waals surface area contributed by atoms with E-state index >= 15 is 0 Å². The molecule has 0 heterocycles. The van der Waals surface area contributed by atoms with Crippen LogP contribution in [0.25, 0.3) is 0 Å². The Hall–Kier alpha value is -1.06. The molecule has 0 spiro atoms. The summed E-state index contributed by atoms with van der Waals surface area (Å²) in [6, 6.07) is 0. The summed E-state index contributed by atoms with van der Waals surface area (Å²) in [6.45, 7) is 12.2. The lowest BCUT2D eigenvalue weighted by Crippen LogP contribution is -2.29. The normalized spacial score (nSPS) is 12.5. The molecule has 0 aromatic carbocycles. The van der Waals surface area contributed by atoms with Crippen LogP contribution in [-0.4, -0.2) is 24.9 Å². The maximum Gasteiger partial charge on any atom is 0.220 e. The summed E-state index contributed by atoms with van der Waals surface area (Å²) >= 11 is 0. The molecule has 0 aromatic rings. The van der Waals surface area contributed by atoms with Crippen LogP contribution in [0.15, 0.2) is 0 Å². The van der Waals surface area contributed by atoms with Crippen LogP contribution in [0.1, 0.15) is 73.1 Å². The molecule has 0 aliphatic heterocycles. The van der Waals surface area contributed by atoms with Crippen LogP contribution < -0.4 is 10.6 Å². The van der Waals surface area contributed by atoms with Gasteiger partial charge in [-0.1, -0.05) is 34.6 Å². The SMILES string of the molecule is CC(C)CCC(=O)NCCCNC(=O)CCCC(C)C(C)C. The van der Waals surface area contributed by atoms with Crippen LogP contribution in [0.5, 0.6) is 0 Å². The second-order valence-electron chi connectivity index (χ2n) is 7.10. The summed E-state index contributed by atoms with van der Waals surface area (Å²) in [4.78, 5) is 23.2. The molecule has 0 saturated heterocycles. The van der Waals surface area contributed by atoms with Gasteiger partial charge in [0.15, 0.2) is 0 Å². The number of nitrogens with one attached hydrogen (secondary N) is 2. The van der Waals surface area contributed by atoms with Gasteiger partial charge in [-0.3, -0.25) is 9.59 Å². The predicted octanol–water partition coefficient (Wildman–Crippen LogP) is 3.51. The molecule has 1 unspecified atom stereocenters. The van der Waals surface area contributed by atoms with Gasteiger partial charge in [-0.15, -0.1) is 0 Å². The Morgan fingerprint density at radius 3 is 1.82 bits per heavy atom. The predicted molar refractivity (Wildman–Crippen MR) is 92.6 cm³/mol. The van der Waals surface area contributed by atoms with Crippen molar-refractivity contribution in [2.45, 2.75) is 73.1 Å². The van der Waals surface area contributed by atoms with Crippen molar-refractivity contribution in [1.29, 1.82) is 0 Å². The summed E-state index contributed by atoms with van der Waals surface area (Å²) in [5.74, 6) is 2.16. The minimum Gasteiger partial charge on any atom is -0.356 e. The number of carbonyl (C=O) groups is 2. The lowest BCUT2D eigenvalue weighted by Gasteiger charge is -2.14. The van der Waals surface area contributed by atoms with E-state index in [1.54, 1.807) is 0 Å². The molecule has 0 aliphatic rings. The van der Waals surface area contributed by atoms with E-state index in [9.17, 15) is 9.59 Å². The number of hydrogen-bond donors (Lipinski definition) is 2. The quantitative estimate of drug-likeness (QED) is 0.542. The van der Waals surface area contributed by atoms with E-state index in [0.717, 1.165) is 25.7 Å². The fraction of sp³-hybridized carbons (Fsp3) is 0.889. The minimum atomic E-state index is 0.114. The highest BCUT2D eigenvalue weighted by Crippen LogP contribution is 2.16. The maximum absolute atomic E-state index is 11.7. The molecule has 0 saturated carbocycles. The summed E-state index contributed by atoms with van der Waals surface area (Å²) in [5, 5.41) is 5.81. The van der Waals surface area contributed by atoms with Crippen molar-refractivity contribution in [3.63, 3.8) is 0 Å². The largest absolute Gasteiger partial charge is 0.356 e. The molecular formula is C18H36N2O2. The third kappa shape index (κ3) is 12.7. The van der Waals surface area contributed by atoms with E-state index in [1.165, 1.54) is 0 Å². The smallest absolute Gasteiger partial charge is 0.220 e. The minimum absolute atomic E-state index is 0.114. The van der Waals surface area contributed by atoms with Gasteiger partial charge < -0.3 is 10.6 Å². The van der Waals surface area contributed by atoms with Gasteiger partial charge in [-0.2, -0.15) is 0 Å². The molecule has 0 bridgehead atoms. The average molecular weight is 312 g/mol. The third-order valence-corrected chi connectivity index (χ3v) is 4.15.